The van der Waals surface area contributed by atoms with Crippen LogP contribution in [-0.2, 0) is 0 Å². The van der Waals surface area contributed by atoms with Gasteiger partial charge in [0.2, 0.25) is 0 Å². The van der Waals surface area contributed by atoms with Crippen molar-refractivity contribution in [2.45, 2.75) is 16.7 Å². The number of amides is 1. The highest BCUT2D eigenvalue weighted by Gasteiger charge is 2.19. The van der Waals surface area contributed by atoms with Crippen LogP contribution in [-0.4, -0.2) is 31.0 Å². The number of non-ortho nitro benzene ring substituents is 1. The Bertz CT molecular complexity index is 1310. The molecule has 0 saturated heterocycles. The van der Waals surface area contributed by atoms with E-state index in [1.807, 2.05) is 0 Å². The van der Waals surface area contributed by atoms with E-state index in [2.05, 4.69) is 20.8 Å². The predicted octanol–water partition coefficient (Wildman–Crippen LogP) is 4.42. The molecule has 0 radical (unpaired) electrons. The van der Waals surface area contributed by atoms with Gasteiger partial charge >= 0.3 is 0 Å². The number of carbonyl (C=O) groups excluding carboxylic acids is 1. The molecule has 1 aromatic heterocycles. The van der Waals surface area contributed by atoms with Gasteiger partial charge in [0.25, 0.3) is 11.6 Å². The number of hydrogen-bond donors (Lipinski definition) is 1. The second-order valence-electron chi connectivity index (χ2n) is 6.68. The molecule has 32 heavy (non-hydrogen) atoms. The molecule has 0 unspecified atom stereocenters. The van der Waals surface area contributed by atoms with Gasteiger partial charge in [-0.15, -0.1) is 5.10 Å². The summed E-state index contributed by atoms with van der Waals surface area (Å²) >= 11 is 1.02. The SMILES string of the molecule is Cc1ccc(-n2cnnn2)cc1NC(=O)c1cc([N+](=O)[O-])ccc1Sc1ccccc1F. The predicted molar refractivity (Wildman–Crippen MR) is 115 cm³/mol. The number of nitro benzene ring substituents is 1. The van der Waals surface area contributed by atoms with Gasteiger partial charge in [0.05, 0.1) is 16.2 Å². The van der Waals surface area contributed by atoms with Crippen molar-refractivity contribution in [3.63, 3.8) is 0 Å². The van der Waals surface area contributed by atoms with Crippen LogP contribution < -0.4 is 5.32 Å². The molecule has 4 rings (SSSR count). The molecule has 3 aromatic carbocycles. The van der Waals surface area contributed by atoms with E-state index in [9.17, 15) is 19.3 Å². The maximum Gasteiger partial charge on any atom is 0.270 e. The molecular weight excluding hydrogens is 435 g/mol. The topological polar surface area (TPSA) is 116 Å². The number of rotatable bonds is 6. The Labute approximate surface area is 185 Å². The second kappa shape index (κ2) is 8.94. The third kappa shape index (κ3) is 4.47. The van der Waals surface area contributed by atoms with Crippen molar-refractivity contribution in [1.29, 1.82) is 0 Å². The molecule has 160 valence electrons. The number of nitrogens with zero attached hydrogens (tertiary/aromatic N) is 5. The van der Waals surface area contributed by atoms with E-state index in [1.165, 1.54) is 35.3 Å². The summed E-state index contributed by atoms with van der Waals surface area (Å²) in [6, 6.07) is 15.3. The molecule has 0 atom stereocenters. The zero-order valence-corrected chi connectivity index (χ0v) is 17.4. The summed E-state index contributed by atoms with van der Waals surface area (Å²) in [7, 11) is 0. The zero-order valence-electron chi connectivity index (χ0n) is 16.6. The number of aryl methyl sites for hydroxylation is 1. The molecule has 1 amide bonds. The van der Waals surface area contributed by atoms with Crippen LogP contribution in [0, 0.1) is 22.9 Å². The Kier molecular flexibility index (Phi) is 5.90. The smallest absolute Gasteiger partial charge is 0.270 e. The van der Waals surface area contributed by atoms with Crippen molar-refractivity contribution in [3.8, 4) is 5.69 Å². The molecular formula is C21H15FN6O3S. The standard InChI is InChI=1S/C21H15FN6O3S/c1-13-6-7-14(27-12-23-25-26-27)11-18(13)24-21(29)16-10-15(28(30)31)8-9-19(16)32-20-5-3-2-4-17(20)22/h2-12H,1H3,(H,24,29). The first-order chi connectivity index (χ1) is 15.4. The summed E-state index contributed by atoms with van der Waals surface area (Å²) in [6.07, 6.45) is 1.42. The van der Waals surface area contributed by atoms with Crippen LogP contribution >= 0.6 is 11.8 Å². The van der Waals surface area contributed by atoms with E-state index >= 15 is 0 Å². The highest BCUT2D eigenvalue weighted by atomic mass is 32.2. The fourth-order valence-electron chi connectivity index (χ4n) is 2.90. The lowest BCUT2D eigenvalue weighted by Crippen LogP contribution is -2.14. The number of hydrogen-bond acceptors (Lipinski definition) is 7. The number of anilines is 1. The number of nitrogens with one attached hydrogen (secondary N) is 1. The van der Waals surface area contributed by atoms with Crippen molar-refractivity contribution < 1.29 is 14.1 Å². The highest BCUT2D eigenvalue weighted by molar-refractivity contribution is 7.99. The quantitative estimate of drug-likeness (QED) is 0.341. The van der Waals surface area contributed by atoms with Gasteiger partial charge in [-0.05, 0) is 53.2 Å². The van der Waals surface area contributed by atoms with Gasteiger partial charge in [-0.2, -0.15) is 0 Å². The van der Waals surface area contributed by atoms with Gasteiger partial charge < -0.3 is 5.32 Å². The molecule has 1 N–H and O–H groups in total. The molecule has 0 aliphatic heterocycles. The van der Waals surface area contributed by atoms with Crippen LogP contribution in [0.25, 0.3) is 5.69 Å². The summed E-state index contributed by atoms with van der Waals surface area (Å²) < 4.78 is 15.6. The molecule has 1 heterocycles. The molecule has 0 aliphatic rings. The number of nitro groups is 1. The minimum Gasteiger partial charge on any atom is -0.322 e. The Hall–Kier alpha value is -4.12. The van der Waals surface area contributed by atoms with Crippen molar-refractivity contribution in [2.24, 2.45) is 0 Å². The monoisotopic (exact) mass is 450 g/mol. The highest BCUT2D eigenvalue weighted by Crippen LogP contribution is 2.34. The summed E-state index contributed by atoms with van der Waals surface area (Å²) in [4.78, 5) is 24.5. The molecule has 4 aromatic rings. The Balaban J connectivity index is 1.70. The van der Waals surface area contributed by atoms with Gasteiger partial charge in [-0.3, -0.25) is 14.9 Å². The van der Waals surface area contributed by atoms with Crippen LogP contribution in [0.1, 0.15) is 15.9 Å². The van der Waals surface area contributed by atoms with Crippen LogP contribution in [0.2, 0.25) is 0 Å². The molecule has 0 spiro atoms. The average Bonchev–Trinajstić information content (AvgIpc) is 3.32. The lowest BCUT2D eigenvalue weighted by molar-refractivity contribution is -0.384. The zero-order chi connectivity index (χ0) is 22.7. The maximum absolute atomic E-state index is 14.1. The van der Waals surface area contributed by atoms with Crippen LogP contribution in [0.4, 0.5) is 15.8 Å². The number of halogens is 1. The van der Waals surface area contributed by atoms with Crippen molar-refractivity contribution in [1.82, 2.24) is 20.2 Å². The van der Waals surface area contributed by atoms with Crippen LogP contribution in [0.15, 0.2) is 76.8 Å². The van der Waals surface area contributed by atoms with E-state index in [0.717, 1.165) is 17.3 Å². The van der Waals surface area contributed by atoms with Crippen molar-refractivity contribution in [3.05, 3.63) is 94.0 Å². The fourth-order valence-corrected chi connectivity index (χ4v) is 3.85. The second-order valence-corrected chi connectivity index (χ2v) is 7.76. The van der Waals surface area contributed by atoms with Crippen LogP contribution in [0.5, 0.6) is 0 Å². The van der Waals surface area contributed by atoms with E-state index in [1.54, 1.807) is 43.3 Å². The fraction of sp³-hybridized carbons (Fsp3) is 0.0476. The van der Waals surface area contributed by atoms with E-state index in [0.29, 0.717) is 21.2 Å². The maximum atomic E-state index is 14.1. The molecule has 0 bridgehead atoms. The molecule has 11 heteroatoms. The molecule has 0 aliphatic carbocycles. The van der Waals surface area contributed by atoms with E-state index in [-0.39, 0.29) is 11.3 Å². The normalized spacial score (nSPS) is 10.7. The minimum absolute atomic E-state index is 0.0553. The molecule has 0 fully saturated rings. The largest absolute Gasteiger partial charge is 0.322 e. The average molecular weight is 450 g/mol. The number of tetrazole rings is 1. The summed E-state index contributed by atoms with van der Waals surface area (Å²) in [5.41, 5.74) is 1.68. The van der Waals surface area contributed by atoms with Gasteiger partial charge in [-0.1, -0.05) is 30.0 Å². The van der Waals surface area contributed by atoms with E-state index < -0.39 is 16.6 Å². The van der Waals surface area contributed by atoms with Gasteiger partial charge in [-0.25, -0.2) is 9.07 Å². The van der Waals surface area contributed by atoms with E-state index in [4.69, 9.17) is 0 Å². The summed E-state index contributed by atoms with van der Waals surface area (Å²) in [6.45, 7) is 1.81. The summed E-state index contributed by atoms with van der Waals surface area (Å²) in [5, 5.41) is 25.1. The Morgan fingerprint density at radius 3 is 2.66 bits per heavy atom. The first-order valence-electron chi connectivity index (χ1n) is 9.28. The molecule has 0 saturated carbocycles. The van der Waals surface area contributed by atoms with Crippen LogP contribution in [0.3, 0.4) is 0 Å². The third-order valence-electron chi connectivity index (χ3n) is 4.56. The van der Waals surface area contributed by atoms with Crippen molar-refractivity contribution in [2.75, 3.05) is 5.32 Å². The molecule has 9 nitrogen and oxygen atoms in total. The summed E-state index contributed by atoms with van der Waals surface area (Å²) in [5.74, 6) is -1.02. The van der Waals surface area contributed by atoms with Gasteiger partial charge in [0.1, 0.15) is 12.1 Å². The number of carbonyl (C=O) groups is 1. The van der Waals surface area contributed by atoms with Gasteiger partial charge in [0, 0.05) is 27.6 Å². The Morgan fingerprint density at radius 2 is 1.94 bits per heavy atom. The first kappa shape index (κ1) is 21.1. The van der Waals surface area contributed by atoms with Crippen molar-refractivity contribution >= 4 is 29.0 Å². The number of benzene rings is 3. The Morgan fingerprint density at radius 1 is 1.12 bits per heavy atom. The minimum atomic E-state index is -0.585. The lowest BCUT2D eigenvalue weighted by atomic mass is 10.1. The third-order valence-corrected chi connectivity index (χ3v) is 5.68. The number of aromatic nitrogens is 4. The van der Waals surface area contributed by atoms with Gasteiger partial charge in [0.15, 0.2) is 0 Å². The lowest BCUT2D eigenvalue weighted by Gasteiger charge is -2.13. The first-order valence-corrected chi connectivity index (χ1v) is 10.1.